The number of nitrogens with zero attached hydrogens (tertiary/aromatic N) is 2. The second-order valence-electron chi connectivity index (χ2n) is 13.3. The Morgan fingerprint density at radius 2 is 0.980 bits per heavy atom. The lowest BCUT2D eigenvalue weighted by Crippen LogP contribution is -2.31. The second kappa shape index (κ2) is 11.1. The zero-order valence-electron chi connectivity index (χ0n) is 27.4. The van der Waals surface area contributed by atoms with Crippen LogP contribution < -0.4 is 0 Å². The third-order valence-electron chi connectivity index (χ3n) is 10.6. The molecule has 3 heterocycles. The van der Waals surface area contributed by atoms with Gasteiger partial charge in [-0.1, -0.05) is 151 Å². The van der Waals surface area contributed by atoms with Crippen molar-refractivity contribution in [2.75, 3.05) is 0 Å². The van der Waals surface area contributed by atoms with Crippen LogP contribution in [-0.4, -0.2) is 9.97 Å². The van der Waals surface area contributed by atoms with E-state index in [1.165, 1.54) is 63.3 Å². The Bertz CT molecular complexity index is 2810. The third kappa shape index (κ3) is 4.24. The van der Waals surface area contributed by atoms with E-state index in [9.17, 15) is 0 Å². The van der Waals surface area contributed by atoms with Crippen LogP contribution in [0.1, 0.15) is 22.3 Å². The van der Waals surface area contributed by atoms with Crippen molar-refractivity contribution in [3.05, 3.63) is 192 Å². The summed E-state index contributed by atoms with van der Waals surface area (Å²) < 4.78 is 2.57. The molecular formula is C47H28N2S2. The van der Waals surface area contributed by atoms with Crippen molar-refractivity contribution < 1.29 is 0 Å². The van der Waals surface area contributed by atoms with E-state index in [4.69, 9.17) is 9.97 Å². The number of rotatable bonds is 3. The first kappa shape index (κ1) is 29.0. The molecule has 0 N–H and O–H groups in total. The molecule has 0 unspecified atom stereocenters. The van der Waals surface area contributed by atoms with Gasteiger partial charge in [0.15, 0.2) is 5.82 Å². The van der Waals surface area contributed by atoms with Gasteiger partial charge in [-0.25, -0.2) is 9.97 Å². The molecule has 0 bridgehead atoms. The molecule has 0 saturated heterocycles. The molecule has 0 amide bonds. The highest BCUT2D eigenvalue weighted by molar-refractivity contribution is 7.99. The van der Waals surface area contributed by atoms with Crippen molar-refractivity contribution in [3.8, 4) is 45.0 Å². The maximum absolute atomic E-state index is 5.23. The van der Waals surface area contributed by atoms with Crippen molar-refractivity contribution in [3.63, 3.8) is 0 Å². The minimum Gasteiger partial charge on any atom is -0.228 e. The highest BCUT2D eigenvalue weighted by atomic mass is 32.2. The SMILES string of the molecule is c1ccc(-c2nc(-c3ccc4c(c3)Sc3ccccc3C43c4ccccc4-c4ccccc43)cc(-c3ccc4c(c3)sc3ccccc34)n2)cc1. The van der Waals surface area contributed by atoms with Gasteiger partial charge in [-0.05, 0) is 63.7 Å². The van der Waals surface area contributed by atoms with Crippen molar-refractivity contribution >= 4 is 43.3 Å². The Hall–Kier alpha value is -5.81. The number of hydrogen-bond acceptors (Lipinski definition) is 4. The lowest BCUT2D eigenvalue weighted by Gasteiger charge is -2.39. The Balaban J connectivity index is 1.12. The average Bonchev–Trinajstić information content (AvgIpc) is 3.72. The van der Waals surface area contributed by atoms with Gasteiger partial charge >= 0.3 is 0 Å². The molecule has 51 heavy (non-hydrogen) atoms. The predicted molar refractivity (Wildman–Crippen MR) is 213 cm³/mol. The fourth-order valence-electron chi connectivity index (χ4n) is 8.36. The minimum absolute atomic E-state index is 0.394. The number of hydrogen-bond donors (Lipinski definition) is 0. The van der Waals surface area contributed by atoms with E-state index in [0.717, 1.165) is 33.9 Å². The molecule has 1 aliphatic heterocycles. The van der Waals surface area contributed by atoms with Crippen LogP contribution in [0.2, 0.25) is 0 Å². The number of fused-ring (bicyclic) bond motifs is 12. The van der Waals surface area contributed by atoms with Gasteiger partial charge in [-0.15, -0.1) is 11.3 Å². The first-order valence-corrected chi connectivity index (χ1v) is 18.9. The van der Waals surface area contributed by atoms with Gasteiger partial charge in [0.05, 0.1) is 16.8 Å². The molecule has 0 radical (unpaired) electrons. The normalized spacial score (nSPS) is 13.6. The van der Waals surface area contributed by atoms with Crippen LogP contribution in [0.25, 0.3) is 65.2 Å². The van der Waals surface area contributed by atoms with Crippen molar-refractivity contribution in [1.82, 2.24) is 9.97 Å². The molecule has 2 aromatic heterocycles. The van der Waals surface area contributed by atoms with Gasteiger partial charge in [-0.2, -0.15) is 0 Å². The Morgan fingerprint density at radius 1 is 0.392 bits per heavy atom. The van der Waals surface area contributed by atoms with Crippen molar-refractivity contribution in [2.24, 2.45) is 0 Å². The average molecular weight is 685 g/mol. The molecule has 9 aromatic rings. The molecule has 2 aliphatic rings. The standard InChI is InChI=1S/C47H28N2S2/c1-2-12-29(13-3-1)46-48-40(30-22-24-35-34-16-6-10-20-42(34)50-44(35)26-30)28-41(49-46)31-23-25-39-45(27-31)51-43-21-11-9-19-38(43)47(39)36-17-7-4-14-32(36)33-15-5-8-18-37(33)47/h1-28H. The Kier molecular flexibility index (Phi) is 6.30. The lowest BCUT2D eigenvalue weighted by molar-refractivity contribution is 0.722. The van der Waals surface area contributed by atoms with Crippen LogP contribution in [0.15, 0.2) is 180 Å². The highest BCUT2D eigenvalue weighted by Gasteiger charge is 2.50. The Morgan fingerprint density at radius 3 is 1.76 bits per heavy atom. The summed E-state index contributed by atoms with van der Waals surface area (Å²) in [6.45, 7) is 0. The van der Waals surface area contributed by atoms with Gasteiger partial charge in [0.2, 0.25) is 0 Å². The van der Waals surface area contributed by atoms with E-state index in [-0.39, 0.29) is 0 Å². The topological polar surface area (TPSA) is 25.8 Å². The molecule has 2 nitrogen and oxygen atoms in total. The van der Waals surface area contributed by atoms with Gasteiger partial charge in [-0.3, -0.25) is 0 Å². The van der Waals surface area contributed by atoms with E-state index in [0.29, 0.717) is 0 Å². The van der Waals surface area contributed by atoms with Crippen LogP contribution in [0, 0.1) is 0 Å². The summed E-state index contributed by atoms with van der Waals surface area (Å²) in [5.41, 5.74) is 12.6. The third-order valence-corrected chi connectivity index (χ3v) is 12.8. The van der Waals surface area contributed by atoms with Crippen LogP contribution in [0.3, 0.4) is 0 Å². The minimum atomic E-state index is -0.394. The maximum Gasteiger partial charge on any atom is 0.160 e. The van der Waals surface area contributed by atoms with Gasteiger partial charge < -0.3 is 0 Å². The summed E-state index contributed by atoms with van der Waals surface area (Å²) in [5.74, 6) is 0.727. The first-order chi connectivity index (χ1) is 25.3. The van der Waals surface area contributed by atoms with Crippen molar-refractivity contribution in [2.45, 2.75) is 15.2 Å². The highest BCUT2D eigenvalue weighted by Crippen LogP contribution is 2.62. The van der Waals surface area contributed by atoms with E-state index in [2.05, 4.69) is 164 Å². The summed E-state index contributed by atoms with van der Waals surface area (Å²) in [5, 5.41) is 2.59. The summed E-state index contributed by atoms with van der Waals surface area (Å²) in [4.78, 5) is 13.0. The fourth-order valence-corrected chi connectivity index (χ4v) is 10.7. The maximum atomic E-state index is 5.23. The predicted octanol–water partition coefficient (Wildman–Crippen LogP) is 12.7. The quantitative estimate of drug-likeness (QED) is 0.185. The number of benzene rings is 7. The molecule has 238 valence electrons. The summed E-state index contributed by atoms with van der Waals surface area (Å²) in [6, 6.07) is 61.8. The van der Waals surface area contributed by atoms with Crippen LogP contribution in [-0.2, 0) is 5.41 Å². The number of thiophene rings is 1. The molecule has 1 aliphatic carbocycles. The largest absolute Gasteiger partial charge is 0.228 e. The number of aromatic nitrogens is 2. The molecular weight excluding hydrogens is 657 g/mol. The van der Waals surface area contributed by atoms with Crippen LogP contribution >= 0.6 is 23.1 Å². The smallest absolute Gasteiger partial charge is 0.160 e. The summed E-state index contributed by atoms with van der Waals surface area (Å²) in [7, 11) is 0. The van der Waals surface area contributed by atoms with Gasteiger partial charge in [0.1, 0.15) is 0 Å². The molecule has 11 rings (SSSR count). The van der Waals surface area contributed by atoms with E-state index in [1.807, 2.05) is 29.2 Å². The summed E-state index contributed by atoms with van der Waals surface area (Å²) in [6.07, 6.45) is 0. The monoisotopic (exact) mass is 684 g/mol. The van der Waals surface area contributed by atoms with Crippen LogP contribution in [0.5, 0.6) is 0 Å². The Labute approximate surface area is 304 Å². The van der Waals surface area contributed by atoms with E-state index in [1.54, 1.807) is 0 Å². The molecule has 7 aromatic carbocycles. The zero-order chi connectivity index (χ0) is 33.5. The van der Waals surface area contributed by atoms with E-state index < -0.39 is 5.41 Å². The van der Waals surface area contributed by atoms with Crippen LogP contribution in [0.4, 0.5) is 0 Å². The van der Waals surface area contributed by atoms with Gasteiger partial charge in [0.25, 0.3) is 0 Å². The van der Waals surface area contributed by atoms with E-state index >= 15 is 0 Å². The molecule has 1 spiro atoms. The zero-order valence-corrected chi connectivity index (χ0v) is 29.0. The molecule has 4 heteroatoms. The fraction of sp³-hybridized carbons (Fsp3) is 0.0213. The van der Waals surface area contributed by atoms with Crippen molar-refractivity contribution in [1.29, 1.82) is 0 Å². The van der Waals surface area contributed by atoms with Gasteiger partial charge in [0, 0.05) is 46.7 Å². The molecule has 0 saturated carbocycles. The second-order valence-corrected chi connectivity index (χ2v) is 15.5. The first-order valence-electron chi connectivity index (χ1n) is 17.2. The molecule has 0 atom stereocenters. The molecule has 0 fully saturated rings. The summed E-state index contributed by atoms with van der Waals surface area (Å²) >= 11 is 3.70. The lowest BCUT2D eigenvalue weighted by atomic mass is 9.67.